The Kier molecular flexibility index (Phi) is 4.74. The van der Waals surface area contributed by atoms with E-state index in [-0.39, 0.29) is 12.5 Å². The van der Waals surface area contributed by atoms with Crippen LogP contribution in [0.2, 0.25) is 0 Å². The number of aromatic nitrogens is 8. The van der Waals surface area contributed by atoms with E-state index in [0.29, 0.717) is 23.6 Å². The van der Waals surface area contributed by atoms with Gasteiger partial charge in [0, 0.05) is 6.54 Å². The van der Waals surface area contributed by atoms with Gasteiger partial charge in [0.25, 0.3) is 5.91 Å². The first-order valence-electron chi connectivity index (χ1n) is 9.26. The molecule has 0 saturated carbocycles. The van der Waals surface area contributed by atoms with Gasteiger partial charge in [0.2, 0.25) is 0 Å². The van der Waals surface area contributed by atoms with Gasteiger partial charge in [-0.25, -0.2) is 14.2 Å². The van der Waals surface area contributed by atoms with Gasteiger partial charge in [-0.1, -0.05) is 25.5 Å². The summed E-state index contributed by atoms with van der Waals surface area (Å²) in [5.41, 5.74) is 0.0812. The molecule has 29 heavy (non-hydrogen) atoms. The lowest BCUT2D eigenvalue weighted by atomic mass is 9.91. The number of hydrogen-bond donors (Lipinski definition) is 1. The molecule has 1 aliphatic rings. The molecule has 12 nitrogen and oxygen atoms in total. The van der Waals surface area contributed by atoms with Gasteiger partial charge in [-0.2, -0.15) is 0 Å². The molecule has 0 aliphatic carbocycles. The molecule has 0 radical (unpaired) electrons. The van der Waals surface area contributed by atoms with E-state index in [2.05, 4.69) is 43.3 Å². The lowest BCUT2D eigenvalue weighted by Gasteiger charge is -2.22. The number of nitrogens with one attached hydrogen (secondary N) is 1. The SMILES string of the molecule is CCCCn1nnnc1CN1C(=O)NC(C)(c2cccc(-n3cnnn3)c2)C1=O. The minimum atomic E-state index is -1.22. The zero-order chi connectivity index (χ0) is 20.4. The number of carbonyl (C=O) groups excluding carboxylic acids is 2. The molecule has 1 aliphatic heterocycles. The van der Waals surface area contributed by atoms with E-state index < -0.39 is 11.6 Å². The highest BCUT2D eigenvalue weighted by Gasteiger charge is 2.49. The third-order valence-electron chi connectivity index (χ3n) is 4.94. The van der Waals surface area contributed by atoms with Crippen LogP contribution in [0.4, 0.5) is 4.79 Å². The molecular weight excluding hydrogens is 376 g/mol. The highest BCUT2D eigenvalue weighted by Crippen LogP contribution is 2.30. The zero-order valence-electron chi connectivity index (χ0n) is 16.1. The van der Waals surface area contributed by atoms with Crippen LogP contribution in [0.3, 0.4) is 0 Å². The van der Waals surface area contributed by atoms with Crippen LogP contribution in [0.1, 0.15) is 38.1 Å². The van der Waals surface area contributed by atoms with E-state index in [0.717, 1.165) is 17.7 Å². The number of benzene rings is 1. The molecule has 4 rings (SSSR count). The quantitative estimate of drug-likeness (QED) is 0.567. The average Bonchev–Trinajstić information content (AvgIpc) is 3.45. The highest BCUT2D eigenvalue weighted by atomic mass is 16.2. The Hall–Kier alpha value is -3.70. The van der Waals surface area contributed by atoms with Gasteiger partial charge in [0.05, 0.1) is 12.2 Å². The van der Waals surface area contributed by atoms with Crippen molar-refractivity contribution in [2.24, 2.45) is 0 Å². The summed E-state index contributed by atoms with van der Waals surface area (Å²) in [5, 5.41) is 25.5. The van der Waals surface area contributed by atoms with Crippen molar-refractivity contribution < 1.29 is 9.59 Å². The van der Waals surface area contributed by atoms with Crippen molar-refractivity contribution in [3.05, 3.63) is 42.0 Å². The van der Waals surface area contributed by atoms with Crippen LogP contribution in [-0.4, -0.2) is 57.3 Å². The highest BCUT2D eigenvalue weighted by molar-refractivity contribution is 6.07. The largest absolute Gasteiger partial charge is 0.325 e. The first-order chi connectivity index (χ1) is 14.0. The van der Waals surface area contributed by atoms with Crippen LogP contribution in [0, 0.1) is 0 Å². The molecule has 1 unspecified atom stereocenters. The third kappa shape index (κ3) is 3.32. The lowest BCUT2D eigenvalue weighted by Crippen LogP contribution is -2.41. The molecule has 3 aromatic rings. The van der Waals surface area contributed by atoms with Crippen LogP contribution >= 0.6 is 0 Å². The topological polar surface area (TPSA) is 137 Å². The predicted molar refractivity (Wildman–Crippen MR) is 98.3 cm³/mol. The summed E-state index contributed by atoms with van der Waals surface area (Å²) in [5.74, 6) is 0.0926. The number of amides is 3. The molecule has 150 valence electrons. The van der Waals surface area contributed by atoms with Crippen molar-refractivity contribution in [3.63, 3.8) is 0 Å². The molecule has 0 bridgehead atoms. The smallest absolute Gasteiger partial charge is 0.319 e. The van der Waals surface area contributed by atoms with Crippen molar-refractivity contribution in [3.8, 4) is 5.69 Å². The van der Waals surface area contributed by atoms with Crippen LogP contribution < -0.4 is 5.32 Å². The van der Waals surface area contributed by atoms with Crippen molar-refractivity contribution in [1.82, 2.24) is 50.6 Å². The fourth-order valence-electron chi connectivity index (χ4n) is 3.23. The number of aryl methyl sites for hydroxylation is 1. The number of rotatable bonds is 7. The second kappa shape index (κ2) is 7.37. The fraction of sp³-hybridized carbons (Fsp3) is 0.412. The normalized spacial score (nSPS) is 19.0. The van der Waals surface area contributed by atoms with Crippen LogP contribution in [0.5, 0.6) is 0 Å². The summed E-state index contributed by atoms with van der Waals surface area (Å²) >= 11 is 0. The molecule has 3 amide bonds. The second-order valence-electron chi connectivity index (χ2n) is 6.92. The number of imide groups is 1. The zero-order valence-corrected chi connectivity index (χ0v) is 16.1. The summed E-state index contributed by atoms with van der Waals surface area (Å²) in [6, 6.07) is 6.65. The van der Waals surface area contributed by atoms with E-state index in [1.807, 2.05) is 6.07 Å². The molecule has 0 spiro atoms. The maximum Gasteiger partial charge on any atom is 0.325 e. The Labute approximate surface area is 165 Å². The standard InChI is InChI=1S/C17H20N10O2/c1-3-4-8-26-14(20-22-24-26)10-25-15(28)17(2,19-16(25)29)12-6-5-7-13(9-12)27-11-18-21-23-27/h5-7,9,11H,3-4,8,10H2,1-2H3,(H,19,29). The Morgan fingerprint density at radius 2 is 2.03 bits per heavy atom. The van der Waals surface area contributed by atoms with E-state index in [9.17, 15) is 9.59 Å². The van der Waals surface area contributed by atoms with E-state index in [1.165, 1.54) is 11.0 Å². The first-order valence-corrected chi connectivity index (χ1v) is 9.26. The van der Waals surface area contributed by atoms with Gasteiger partial charge < -0.3 is 5.32 Å². The van der Waals surface area contributed by atoms with E-state index in [4.69, 9.17) is 0 Å². The van der Waals surface area contributed by atoms with Crippen molar-refractivity contribution >= 4 is 11.9 Å². The van der Waals surface area contributed by atoms with Crippen LogP contribution in [0.25, 0.3) is 5.69 Å². The maximum atomic E-state index is 13.2. The molecule has 1 fully saturated rings. The maximum absolute atomic E-state index is 13.2. The summed E-state index contributed by atoms with van der Waals surface area (Å²) in [7, 11) is 0. The minimum absolute atomic E-state index is 0.00363. The third-order valence-corrected chi connectivity index (χ3v) is 4.94. The Balaban J connectivity index is 1.59. The molecule has 12 heteroatoms. The van der Waals surface area contributed by atoms with Gasteiger partial charge in [-0.3, -0.25) is 9.69 Å². The molecule has 1 N–H and O–H groups in total. The summed E-state index contributed by atoms with van der Waals surface area (Å²) in [6.07, 6.45) is 3.34. The van der Waals surface area contributed by atoms with Gasteiger partial charge >= 0.3 is 6.03 Å². The number of urea groups is 1. The number of carbonyl (C=O) groups is 2. The summed E-state index contributed by atoms with van der Waals surface area (Å²) < 4.78 is 3.10. The fourth-order valence-corrected chi connectivity index (χ4v) is 3.23. The number of nitrogens with zero attached hydrogens (tertiary/aromatic N) is 9. The first kappa shape index (κ1) is 18.7. The Morgan fingerprint density at radius 3 is 2.79 bits per heavy atom. The van der Waals surface area contributed by atoms with Gasteiger partial charge in [-0.05, 0) is 51.9 Å². The summed E-state index contributed by atoms with van der Waals surface area (Å²) in [4.78, 5) is 27.0. The number of unbranched alkanes of at least 4 members (excludes halogenated alkanes) is 1. The summed E-state index contributed by atoms with van der Waals surface area (Å²) in [6.45, 7) is 4.37. The second-order valence-corrected chi connectivity index (χ2v) is 6.92. The Bertz CT molecular complexity index is 1030. The van der Waals surface area contributed by atoms with Crippen molar-refractivity contribution in [2.45, 2.75) is 45.3 Å². The van der Waals surface area contributed by atoms with E-state index >= 15 is 0 Å². The molecule has 3 heterocycles. The van der Waals surface area contributed by atoms with Crippen molar-refractivity contribution in [2.75, 3.05) is 0 Å². The van der Waals surface area contributed by atoms with Crippen LogP contribution in [-0.2, 0) is 23.4 Å². The monoisotopic (exact) mass is 396 g/mol. The minimum Gasteiger partial charge on any atom is -0.319 e. The molecule has 1 atom stereocenters. The molecule has 1 aromatic carbocycles. The average molecular weight is 396 g/mol. The van der Waals surface area contributed by atoms with E-state index in [1.54, 1.807) is 29.8 Å². The van der Waals surface area contributed by atoms with Crippen LogP contribution in [0.15, 0.2) is 30.6 Å². The predicted octanol–water partition coefficient (Wildman–Crippen LogP) is 0.416. The lowest BCUT2D eigenvalue weighted by molar-refractivity contribution is -0.131. The van der Waals surface area contributed by atoms with Gasteiger partial charge in [0.15, 0.2) is 5.82 Å². The number of tetrazole rings is 2. The molecular formula is C17H20N10O2. The van der Waals surface area contributed by atoms with Gasteiger partial charge in [0.1, 0.15) is 11.9 Å². The number of hydrogen-bond acceptors (Lipinski definition) is 8. The molecule has 1 saturated heterocycles. The van der Waals surface area contributed by atoms with Crippen molar-refractivity contribution in [1.29, 1.82) is 0 Å². The van der Waals surface area contributed by atoms with Gasteiger partial charge in [-0.15, -0.1) is 10.2 Å². The molecule has 2 aromatic heterocycles. The Morgan fingerprint density at radius 1 is 1.17 bits per heavy atom.